The average Bonchev–Trinajstić information content (AvgIpc) is 1.85. The van der Waals surface area contributed by atoms with Gasteiger partial charge in [0.2, 0.25) is 0 Å². The van der Waals surface area contributed by atoms with E-state index in [1.807, 2.05) is 0 Å². The lowest BCUT2D eigenvalue weighted by Crippen LogP contribution is -2.08. The van der Waals surface area contributed by atoms with Crippen LogP contribution in [0.3, 0.4) is 0 Å². The van der Waals surface area contributed by atoms with Gasteiger partial charge < -0.3 is 5.11 Å². The Kier molecular flexibility index (Phi) is 2.14. The summed E-state index contributed by atoms with van der Waals surface area (Å²) in [5.74, 6) is 0.539. The molecule has 3 unspecified atom stereocenters. The minimum atomic E-state index is -0.0168. The van der Waals surface area contributed by atoms with Crippen molar-refractivity contribution in [1.29, 1.82) is 0 Å². The molecule has 0 aromatic carbocycles. The summed E-state index contributed by atoms with van der Waals surface area (Å²) in [6.07, 6.45) is 2.18. The van der Waals surface area contributed by atoms with Crippen LogP contribution in [-0.4, -0.2) is 15.1 Å². The first-order valence-corrected chi connectivity index (χ1v) is 4.27. The monoisotopic (exact) mass is 226 g/mol. The maximum Gasteiger partial charge on any atom is 0.0576 e. The fourth-order valence-electron chi connectivity index (χ4n) is 1.15. The number of rotatable bonds is 0. The molecule has 0 aromatic rings. The fourth-order valence-corrected chi connectivity index (χ4v) is 2.47. The Bertz CT molecular complexity index is 74.6. The molecule has 1 saturated carbocycles. The van der Waals surface area contributed by atoms with Crippen LogP contribution in [0.1, 0.15) is 19.8 Å². The first-order valence-electron chi connectivity index (χ1n) is 3.02. The third-order valence-electron chi connectivity index (χ3n) is 1.78. The third-order valence-corrected chi connectivity index (χ3v) is 2.80. The van der Waals surface area contributed by atoms with Gasteiger partial charge in [-0.05, 0) is 18.8 Å². The lowest BCUT2D eigenvalue weighted by Gasteiger charge is -2.03. The molecule has 2 heteroatoms. The second-order valence-corrected chi connectivity index (χ2v) is 4.37. The molecule has 0 aliphatic heterocycles. The lowest BCUT2D eigenvalue weighted by molar-refractivity contribution is 0.142. The van der Waals surface area contributed by atoms with Crippen LogP contribution in [0.4, 0.5) is 0 Å². The van der Waals surface area contributed by atoms with Crippen molar-refractivity contribution < 1.29 is 5.11 Å². The first-order chi connectivity index (χ1) is 3.70. The molecule has 1 rings (SSSR count). The quantitative estimate of drug-likeness (QED) is 0.491. The van der Waals surface area contributed by atoms with Crippen molar-refractivity contribution in [2.45, 2.75) is 29.8 Å². The first kappa shape index (κ1) is 6.81. The van der Waals surface area contributed by atoms with E-state index in [9.17, 15) is 0 Å². The molecule has 0 bridgehead atoms. The number of aliphatic hydroxyl groups excluding tert-OH is 1. The fraction of sp³-hybridized carbons (Fsp3) is 1.00. The highest BCUT2D eigenvalue weighted by Crippen LogP contribution is 2.30. The van der Waals surface area contributed by atoms with E-state index in [4.69, 9.17) is 5.11 Å². The summed E-state index contributed by atoms with van der Waals surface area (Å²) in [6.45, 7) is 2.11. The van der Waals surface area contributed by atoms with Crippen LogP contribution in [-0.2, 0) is 0 Å². The van der Waals surface area contributed by atoms with E-state index in [2.05, 4.69) is 29.5 Å². The van der Waals surface area contributed by atoms with E-state index in [0.29, 0.717) is 5.92 Å². The molecule has 1 aliphatic carbocycles. The Morgan fingerprint density at radius 3 is 2.25 bits per heavy atom. The molecule has 48 valence electrons. The minimum Gasteiger partial charge on any atom is -0.393 e. The highest BCUT2D eigenvalue weighted by molar-refractivity contribution is 14.1. The van der Waals surface area contributed by atoms with Crippen LogP contribution in [0.15, 0.2) is 0 Å². The van der Waals surface area contributed by atoms with E-state index in [1.165, 1.54) is 6.42 Å². The van der Waals surface area contributed by atoms with E-state index >= 15 is 0 Å². The Morgan fingerprint density at radius 1 is 1.50 bits per heavy atom. The van der Waals surface area contributed by atoms with Gasteiger partial charge in [-0.15, -0.1) is 0 Å². The summed E-state index contributed by atoms with van der Waals surface area (Å²) in [6, 6.07) is 0. The van der Waals surface area contributed by atoms with Crippen LogP contribution in [0, 0.1) is 5.92 Å². The van der Waals surface area contributed by atoms with Crippen molar-refractivity contribution in [2.24, 2.45) is 5.92 Å². The third kappa shape index (κ3) is 1.35. The average molecular weight is 226 g/mol. The molecule has 1 aliphatic rings. The zero-order chi connectivity index (χ0) is 6.15. The van der Waals surface area contributed by atoms with Gasteiger partial charge in [-0.2, -0.15) is 0 Å². The predicted molar refractivity (Wildman–Crippen MR) is 42.2 cm³/mol. The van der Waals surface area contributed by atoms with Crippen LogP contribution in [0.25, 0.3) is 0 Å². The van der Waals surface area contributed by atoms with Gasteiger partial charge in [0.15, 0.2) is 0 Å². The number of hydrogen-bond donors (Lipinski definition) is 1. The van der Waals surface area contributed by atoms with Crippen LogP contribution < -0.4 is 0 Å². The molecule has 0 spiro atoms. The summed E-state index contributed by atoms with van der Waals surface area (Å²) in [5, 5.41) is 9.16. The van der Waals surface area contributed by atoms with Crippen LogP contribution in [0.2, 0.25) is 0 Å². The molecule has 0 saturated heterocycles. The molecule has 8 heavy (non-hydrogen) atoms. The second-order valence-electron chi connectivity index (χ2n) is 2.61. The maximum atomic E-state index is 9.16. The Morgan fingerprint density at radius 2 is 2.12 bits per heavy atom. The highest BCUT2D eigenvalue weighted by Gasteiger charge is 2.27. The second kappa shape index (κ2) is 2.52. The standard InChI is InChI=1S/C6H11IO/c1-4-2-5(7)3-6(4)8/h4-6,8H,2-3H2,1H3. The number of halogens is 1. The summed E-state index contributed by atoms with van der Waals surface area (Å²) < 4.78 is 0.720. The smallest absolute Gasteiger partial charge is 0.0576 e. The molecule has 0 amide bonds. The molecule has 0 radical (unpaired) electrons. The van der Waals surface area contributed by atoms with Crippen LogP contribution in [0.5, 0.6) is 0 Å². The van der Waals surface area contributed by atoms with E-state index in [-0.39, 0.29) is 6.10 Å². The van der Waals surface area contributed by atoms with Gasteiger partial charge in [-0.25, -0.2) is 0 Å². The van der Waals surface area contributed by atoms with E-state index < -0.39 is 0 Å². The Balaban J connectivity index is 2.39. The van der Waals surface area contributed by atoms with Gasteiger partial charge in [0.1, 0.15) is 0 Å². The van der Waals surface area contributed by atoms with Gasteiger partial charge in [0, 0.05) is 3.92 Å². The molecular weight excluding hydrogens is 215 g/mol. The number of alkyl halides is 1. The normalized spacial score (nSPS) is 47.6. The van der Waals surface area contributed by atoms with Gasteiger partial charge in [0.05, 0.1) is 6.10 Å². The molecule has 1 nitrogen and oxygen atoms in total. The largest absolute Gasteiger partial charge is 0.393 e. The highest BCUT2D eigenvalue weighted by atomic mass is 127. The van der Waals surface area contributed by atoms with Crippen molar-refractivity contribution in [2.75, 3.05) is 0 Å². The molecule has 0 heterocycles. The summed E-state index contributed by atoms with van der Waals surface area (Å²) >= 11 is 2.40. The van der Waals surface area contributed by atoms with Crippen molar-refractivity contribution in [3.05, 3.63) is 0 Å². The Hall–Kier alpha value is 0.690. The maximum absolute atomic E-state index is 9.16. The number of aliphatic hydroxyl groups is 1. The molecule has 3 atom stereocenters. The summed E-state index contributed by atoms with van der Waals surface area (Å²) in [4.78, 5) is 0. The predicted octanol–water partition coefficient (Wildman–Crippen LogP) is 1.58. The van der Waals surface area contributed by atoms with Gasteiger partial charge in [0.25, 0.3) is 0 Å². The van der Waals surface area contributed by atoms with Gasteiger partial charge in [-0.1, -0.05) is 29.5 Å². The van der Waals surface area contributed by atoms with Crippen LogP contribution >= 0.6 is 22.6 Å². The van der Waals surface area contributed by atoms with Crippen molar-refractivity contribution >= 4 is 22.6 Å². The number of hydrogen-bond acceptors (Lipinski definition) is 1. The van der Waals surface area contributed by atoms with Gasteiger partial charge >= 0.3 is 0 Å². The molecule has 0 aromatic heterocycles. The minimum absolute atomic E-state index is 0.0168. The topological polar surface area (TPSA) is 20.2 Å². The lowest BCUT2D eigenvalue weighted by atomic mass is 10.1. The molecule has 1 N–H and O–H groups in total. The molecular formula is C6H11IO. The van der Waals surface area contributed by atoms with Crippen molar-refractivity contribution in [1.82, 2.24) is 0 Å². The SMILES string of the molecule is CC1CC(I)CC1O. The van der Waals surface area contributed by atoms with Crippen molar-refractivity contribution in [3.8, 4) is 0 Å². The summed E-state index contributed by atoms with van der Waals surface area (Å²) in [5.41, 5.74) is 0. The zero-order valence-corrected chi connectivity index (χ0v) is 7.13. The molecule has 1 fully saturated rings. The van der Waals surface area contributed by atoms with Gasteiger partial charge in [-0.3, -0.25) is 0 Å². The van der Waals surface area contributed by atoms with Crippen molar-refractivity contribution in [3.63, 3.8) is 0 Å². The van der Waals surface area contributed by atoms with E-state index in [1.54, 1.807) is 0 Å². The summed E-state index contributed by atoms with van der Waals surface area (Å²) in [7, 11) is 0. The Labute approximate surface area is 63.6 Å². The zero-order valence-electron chi connectivity index (χ0n) is 4.97. The van der Waals surface area contributed by atoms with E-state index in [0.717, 1.165) is 10.3 Å².